The SMILES string of the molecule is Cc1cc(C)nc(N2C(=O)C(C(C)(C)C)SC2OC(N)=O)n1. The Morgan fingerprint density at radius 1 is 1.32 bits per heavy atom. The summed E-state index contributed by atoms with van der Waals surface area (Å²) in [4.78, 5) is 33.8. The quantitative estimate of drug-likeness (QED) is 0.893. The fraction of sp³-hybridized carbons (Fsp3) is 0.571. The molecule has 0 aliphatic carbocycles. The van der Waals surface area contributed by atoms with E-state index in [9.17, 15) is 9.59 Å². The first-order valence-electron chi connectivity index (χ1n) is 6.86. The molecule has 0 radical (unpaired) electrons. The van der Waals surface area contributed by atoms with Crippen LogP contribution < -0.4 is 10.6 Å². The highest BCUT2D eigenvalue weighted by molar-refractivity contribution is 8.01. The topological polar surface area (TPSA) is 98.4 Å². The Morgan fingerprint density at radius 3 is 2.32 bits per heavy atom. The lowest BCUT2D eigenvalue weighted by Gasteiger charge is -2.23. The van der Waals surface area contributed by atoms with Crippen LogP contribution in [0.15, 0.2) is 6.07 Å². The van der Waals surface area contributed by atoms with E-state index in [1.165, 1.54) is 16.7 Å². The van der Waals surface area contributed by atoms with E-state index in [1.54, 1.807) is 0 Å². The zero-order chi connectivity index (χ0) is 16.7. The number of hydrogen-bond acceptors (Lipinski definition) is 6. The predicted octanol–water partition coefficient (Wildman–Crippen LogP) is 1.97. The molecule has 1 aliphatic heterocycles. The van der Waals surface area contributed by atoms with Gasteiger partial charge in [0.2, 0.25) is 17.4 Å². The first kappa shape index (κ1) is 16.5. The summed E-state index contributed by atoms with van der Waals surface area (Å²) in [7, 11) is 0. The third-order valence-corrected chi connectivity index (χ3v) is 4.84. The molecule has 1 aromatic heterocycles. The van der Waals surface area contributed by atoms with Crippen molar-refractivity contribution in [2.24, 2.45) is 11.1 Å². The van der Waals surface area contributed by atoms with E-state index in [0.29, 0.717) is 0 Å². The van der Waals surface area contributed by atoms with Gasteiger partial charge in [0.15, 0.2) is 0 Å². The lowest BCUT2D eigenvalue weighted by atomic mass is 9.91. The highest BCUT2D eigenvalue weighted by atomic mass is 32.2. The number of rotatable bonds is 2. The van der Waals surface area contributed by atoms with E-state index in [0.717, 1.165) is 11.4 Å². The molecule has 0 spiro atoms. The van der Waals surface area contributed by atoms with Crippen LogP contribution in [-0.2, 0) is 9.53 Å². The number of hydrogen-bond donors (Lipinski definition) is 1. The highest BCUT2D eigenvalue weighted by Gasteiger charge is 2.49. The smallest absolute Gasteiger partial charge is 0.407 e. The molecule has 1 aromatic rings. The van der Waals surface area contributed by atoms with Crippen molar-refractivity contribution in [3.8, 4) is 0 Å². The number of nitrogens with two attached hydrogens (primary N) is 1. The summed E-state index contributed by atoms with van der Waals surface area (Å²) in [5.41, 5.74) is 5.44. The van der Waals surface area contributed by atoms with Gasteiger partial charge in [0.05, 0.1) is 5.25 Å². The molecular formula is C14H20N4O3S. The molecule has 2 N–H and O–H groups in total. The molecule has 7 nitrogen and oxygen atoms in total. The Balaban J connectivity index is 2.44. The second kappa shape index (κ2) is 5.75. The van der Waals surface area contributed by atoms with Crippen molar-refractivity contribution in [2.45, 2.75) is 45.4 Å². The zero-order valence-electron chi connectivity index (χ0n) is 13.3. The molecule has 0 bridgehead atoms. The van der Waals surface area contributed by atoms with Crippen molar-refractivity contribution in [2.75, 3.05) is 4.90 Å². The molecule has 2 unspecified atom stereocenters. The Labute approximate surface area is 133 Å². The maximum Gasteiger partial charge on any atom is 0.407 e. The largest absolute Gasteiger partial charge is 0.415 e. The molecule has 0 saturated carbocycles. The molecule has 1 aliphatic rings. The van der Waals surface area contributed by atoms with Crippen LogP contribution in [0.5, 0.6) is 0 Å². The van der Waals surface area contributed by atoms with Crippen LogP contribution in [0.4, 0.5) is 10.7 Å². The molecule has 1 fully saturated rings. The van der Waals surface area contributed by atoms with Crippen molar-refractivity contribution < 1.29 is 14.3 Å². The predicted molar refractivity (Wildman–Crippen MR) is 84.3 cm³/mol. The average Bonchev–Trinajstić information content (AvgIpc) is 2.63. The number of nitrogens with zero attached hydrogens (tertiary/aromatic N) is 3. The lowest BCUT2D eigenvalue weighted by Crippen LogP contribution is -2.41. The standard InChI is InChI=1S/C14H20N4O3S/c1-7-6-8(2)17-12(16-7)18-10(19)9(14(3,4)5)22-13(18)21-11(15)20/h6,9,13H,1-5H3,(H2,15,20). The van der Waals surface area contributed by atoms with Gasteiger partial charge in [0.25, 0.3) is 0 Å². The second-order valence-electron chi connectivity index (χ2n) is 6.29. The van der Waals surface area contributed by atoms with Gasteiger partial charge >= 0.3 is 6.09 Å². The van der Waals surface area contributed by atoms with E-state index < -0.39 is 11.7 Å². The van der Waals surface area contributed by atoms with Gasteiger partial charge in [-0.05, 0) is 25.3 Å². The van der Waals surface area contributed by atoms with Gasteiger partial charge in [0, 0.05) is 11.4 Å². The van der Waals surface area contributed by atoms with Crippen LogP contribution in [0.3, 0.4) is 0 Å². The van der Waals surface area contributed by atoms with E-state index in [-0.39, 0.29) is 22.5 Å². The lowest BCUT2D eigenvalue weighted by molar-refractivity contribution is -0.119. The molecule has 22 heavy (non-hydrogen) atoms. The maximum absolute atomic E-state index is 12.8. The van der Waals surface area contributed by atoms with Crippen molar-refractivity contribution in [1.82, 2.24) is 9.97 Å². The molecule has 1 saturated heterocycles. The number of primary amides is 1. The van der Waals surface area contributed by atoms with Gasteiger partial charge < -0.3 is 10.5 Å². The van der Waals surface area contributed by atoms with Crippen LogP contribution in [0.1, 0.15) is 32.2 Å². The number of anilines is 1. The number of aryl methyl sites for hydroxylation is 2. The number of carbonyl (C=O) groups excluding carboxylic acids is 2. The zero-order valence-corrected chi connectivity index (χ0v) is 14.1. The molecule has 2 atom stereocenters. The van der Waals surface area contributed by atoms with Crippen molar-refractivity contribution in [3.63, 3.8) is 0 Å². The monoisotopic (exact) mass is 324 g/mol. The Hall–Kier alpha value is -1.83. The van der Waals surface area contributed by atoms with E-state index in [4.69, 9.17) is 10.5 Å². The van der Waals surface area contributed by atoms with E-state index in [1.807, 2.05) is 40.7 Å². The van der Waals surface area contributed by atoms with Gasteiger partial charge in [-0.25, -0.2) is 19.7 Å². The molecular weight excluding hydrogens is 304 g/mol. The Kier molecular flexibility index (Phi) is 4.32. The normalized spacial score (nSPS) is 22.0. The second-order valence-corrected chi connectivity index (χ2v) is 7.43. The summed E-state index contributed by atoms with van der Waals surface area (Å²) < 4.78 is 5.08. The first-order valence-corrected chi connectivity index (χ1v) is 7.81. The third-order valence-electron chi connectivity index (χ3n) is 3.11. The number of aromatic nitrogens is 2. The van der Waals surface area contributed by atoms with Crippen LogP contribution in [0.2, 0.25) is 0 Å². The minimum absolute atomic E-state index is 0.186. The molecule has 120 valence electrons. The van der Waals surface area contributed by atoms with Crippen molar-refractivity contribution in [3.05, 3.63) is 17.5 Å². The fourth-order valence-corrected chi connectivity index (χ4v) is 3.57. The van der Waals surface area contributed by atoms with Gasteiger partial charge in [-0.3, -0.25) is 4.79 Å². The summed E-state index contributed by atoms with van der Waals surface area (Å²) in [6.45, 7) is 9.50. The number of thioether (sulfide) groups is 1. The van der Waals surface area contributed by atoms with Crippen molar-refractivity contribution >= 4 is 29.7 Å². The Bertz CT molecular complexity index is 594. The fourth-order valence-electron chi connectivity index (χ4n) is 2.23. The Morgan fingerprint density at radius 2 is 1.86 bits per heavy atom. The first-order chi connectivity index (χ1) is 10.1. The third kappa shape index (κ3) is 3.32. The van der Waals surface area contributed by atoms with Gasteiger partial charge in [-0.1, -0.05) is 32.5 Å². The molecule has 2 heterocycles. The summed E-state index contributed by atoms with van der Waals surface area (Å²) >= 11 is 1.24. The van der Waals surface area contributed by atoms with Crippen LogP contribution >= 0.6 is 11.8 Å². The summed E-state index contributed by atoms with van der Waals surface area (Å²) in [6, 6.07) is 1.81. The number of carbonyl (C=O) groups is 2. The summed E-state index contributed by atoms with van der Waals surface area (Å²) in [5, 5.41) is -0.374. The maximum atomic E-state index is 12.8. The van der Waals surface area contributed by atoms with Crippen molar-refractivity contribution in [1.29, 1.82) is 0 Å². The highest BCUT2D eigenvalue weighted by Crippen LogP contribution is 2.43. The van der Waals surface area contributed by atoms with Gasteiger partial charge in [0.1, 0.15) is 0 Å². The number of ether oxygens (including phenoxy) is 1. The van der Waals surface area contributed by atoms with Gasteiger partial charge in [-0.2, -0.15) is 0 Å². The average molecular weight is 324 g/mol. The molecule has 0 aromatic carbocycles. The number of amides is 2. The molecule has 2 rings (SSSR count). The van der Waals surface area contributed by atoms with Gasteiger partial charge in [-0.15, -0.1) is 0 Å². The van der Waals surface area contributed by atoms with Crippen LogP contribution in [0.25, 0.3) is 0 Å². The van der Waals surface area contributed by atoms with Crippen LogP contribution in [0, 0.1) is 19.3 Å². The molecule has 2 amide bonds. The summed E-state index contributed by atoms with van der Waals surface area (Å²) in [6.07, 6.45) is -0.936. The van der Waals surface area contributed by atoms with E-state index >= 15 is 0 Å². The van der Waals surface area contributed by atoms with Crippen LogP contribution in [-0.4, -0.2) is 32.8 Å². The molecule has 8 heteroatoms. The minimum Gasteiger partial charge on any atom is -0.415 e. The van der Waals surface area contributed by atoms with E-state index in [2.05, 4.69) is 9.97 Å². The summed E-state index contributed by atoms with van der Waals surface area (Å²) in [5.74, 6) is 0.0433. The minimum atomic E-state index is -0.936.